The third-order valence-corrected chi connectivity index (χ3v) is 5.23. The van der Waals surface area contributed by atoms with E-state index in [1.54, 1.807) is 5.51 Å². The smallest absolute Gasteiger partial charge is 0.273 e. The van der Waals surface area contributed by atoms with E-state index in [4.69, 9.17) is 4.74 Å². The zero-order valence-corrected chi connectivity index (χ0v) is 11.6. The van der Waals surface area contributed by atoms with Crippen LogP contribution >= 0.6 is 11.3 Å². The molecule has 2 saturated carbocycles. The molecular formula is C14H18N2O2S. The first-order chi connectivity index (χ1) is 9.33. The van der Waals surface area contributed by atoms with E-state index in [1.807, 2.05) is 10.3 Å². The van der Waals surface area contributed by atoms with Crippen LogP contribution in [0.3, 0.4) is 0 Å². The summed E-state index contributed by atoms with van der Waals surface area (Å²) in [5, 5.41) is 1.84. The van der Waals surface area contributed by atoms with Gasteiger partial charge in [-0.3, -0.25) is 4.79 Å². The van der Waals surface area contributed by atoms with Gasteiger partial charge < -0.3 is 9.64 Å². The molecule has 0 unspecified atom stereocenters. The molecule has 1 aliphatic heterocycles. The Morgan fingerprint density at radius 1 is 1.42 bits per heavy atom. The van der Waals surface area contributed by atoms with E-state index in [1.165, 1.54) is 30.6 Å². The maximum atomic E-state index is 12.4. The molecule has 19 heavy (non-hydrogen) atoms. The van der Waals surface area contributed by atoms with E-state index >= 15 is 0 Å². The summed E-state index contributed by atoms with van der Waals surface area (Å²) in [6, 6.07) is 0.290. The van der Waals surface area contributed by atoms with Crippen LogP contribution in [0.2, 0.25) is 0 Å². The molecule has 1 aromatic rings. The number of piperidine rings is 1. The normalized spacial score (nSPS) is 33.1. The van der Waals surface area contributed by atoms with Crippen LogP contribution in [0.15, 0.2) is 10.9 Å². The molecule has 3 fully saturated rings. The molecule has 2 bridgehead atoms. The molecule has 2 aliphatic carbocycles. The fourth-order valence-corrected chi connectivity index (χ4v) is 3.95. The number of carbonyl (C=O) groups is 1. The number of amides is 1. The van der Waals surface area contributed by atoms with Crippen LogP contribution in [0.25, 0.3) is 0 Å². The molecule has 0 N–H and O–H groups in total. The Morgan fingerprint density at radius 2 is 2.32 bits per heavy atom. The Bertz CT molecular complexity index is 472. The predicted molar refractivity (Wildman–Crippen MR) is 72.1 cm³/mol. The minimum Gasteiger partial charge on any atom is -0.375 e. The Hall–Kier alpha value is -0.940. The van der Waals surface area contributed by atoms with E-state index in [0.717, 1.165) is 25.5 Å². The Balaban J connectivity index is 1.45. The number of rotatable bonds is 4. The van der Waals surface area contributed by atoms with Gasteiger partial charge in [-0.15, -0.1) is 11.3 Å². The molecule has 3 atom stereocenters. The Morgan fingerprint density at radius 3 is 3.05 bits per heavy atom. The zero-order valence-electron chi connectivity index (χ0n) is 10.8. The standard InChI is InChI=1S/C14H18N2O2S/c17-14(11-7-19-8-15-11)16-5-10-3-4-12(16)13(10)18-6-9-1-2-9/h7-10,12-13H,1-6H2/t10-,12+,13-/m1/s1. The summed E-state index contributed by atoms with van der Waals surface area (Å²) in [6.45, 7) is 1.76. The van der Waals surface area contributed by atoms with Gasteiger partial charge in [-0.05, 0) is 31.6 Å². The molecule has 3 aliphatic rings. The second-order valence-electron chi connectivity index (χ2n) is 5.98. The second-order valence-corrected chi connectivity index (χ2v) is 6.70. The van der Waals surface area contributed by atoms with Crippen molar-refractivity contribution in [1.29, 1.82) is 0 Å². The van der Waals surface area contributed by atoms with Gasteiger partial charge in [0.15, 0.2) is 0 Å². The van der Waals surface area contributed by atoms with E-state index in [0.29, 0.717) is 11.6 Å². The van der Waals surface area contributed by atoms with Crippen LogP contribution in [0, 0.1) is 11.8 Å². The summed E-state index contributed by atoms with van der Waals surface area (Å²) in [6.07, 6.45) is 5.23. The molecule has 102 valence electrons. The third kappa shape index (κ3) is 2.09. The van der Waals surface area contributed by atoms with Gasteiger partial charge in [-0.2, -0.15) is 0 Å². The molecule has 1 saturated heterocycles. The van der Waals surface area contributed by atoms with E-state index in [-0.39, 0.29) is 18.1 Å². The topological polar surface area (TPSA) is 42.4 Å². The fraction of sp³-hybridized carbons (Fsp3) is 0.714. The van der Waals surface area contributed by atoms with Gasteiger partial charge in [0.2, 0.25) is 0 Å². The van der Waals surface area contributed by atoms with E-state index < -0.39 is 0 Å². The molecule has 0 radical (unpaired) electrons. The first-order valence-electron chi connectivity index (χ1n) is 7.13. The molecule has 4 nitrogen and oxygen atoms in total. The highest BCUT2D eigenvalue weighted by molar-refractivity contribution is 7.07. The summed E-state index contributed by atoms with van der Waals surface area (Å²) in [7, 11) is 0. The number of ether oxygens (including phenoxy) is 1. The number of hydrogen-bond acceptors (Lipinski definition) is 4. The van der Waals surface area contributed by atoms with Gasteiger partial charge in [-0.1, -0.05) is 0 Å². The van der Waals surface area contributed by atoms with Crippen molar-refractivity contribution in [3.8, 4) is 0 Å². The maximum Gasteiger partial charge on any atom is 0.273 e. The van der Waals surface area contributed by atoms with Crippen molar-refractivity contribution in [2.24, 2.45) is 11.8 Å². The molecule has 5 heteroatoms. The van der Waals surface area contributed by atoms with Crippen LogP contribution < -0.4 is 0 Å². The number of fused-ring (bicyclic) bond motifs is 2. The van der Waals surface area contributed by atoms with Crippen LogP contribution in [0.1, 0.15) is 36.2 Å². The summed E-state index contributed by atoms with van der Waals surface area (Å²) in [4.78, 5) is 18.5. The first kappa shape index (κ1) is 11.9. The lowest BCUT2D eigenvalue weighted by Crippen LogP contribution is -2.40. The fourth-order valence-electron chi connectivity index (χ4n) is 3.42. The number of nitrogens with zero attached hydrogens (tertiary/aromatic N) is 2. The van der Waals surface area contributed by atoms with E-state index in [9.17, 15) is 4.79 Å². The average molecular weight is 278 g/mol. The summed E-state index contributed by atoms with van der Waals surface area (Å²) in [5.41, 5.74) is 2.32. The zero-order chi connectivity index (χ0) is 12.8. The summed E-state index contributed by atoms with van der Waals surface area (Å²) < 4.78 is 6.10. The van der Waals surface area contributed by atoms with E-state index in [2.05, 4.69) is 4.98 Å². The lowest BCUT2D eigenvalue weighted by molar-refractivity contribution is 0.0207. The molecule has 0 aromatic carbocycles. The van der Waals surface area contributed by atoms with Crippen molar-refractivity contribution in [2.75, 3.05) is 13.2 Å². The minimum absolute atomic E-state index is 0.0912. The monoisotopic (exact) mass is 278 g/mol. The lowest BCUT2D eigenvalue weighted by Gasteiger charge is -2.26. The van der Waals surface area contributed by atoms with Crippen molar-refractivity contribution < 1.29 is 9.53 Å². The number of thiazole rings is 1. The van der Waals surface area contributed by atoms with Crippen LogP contribution in [0.5, 0.6) is 0 Å². The molecule has 0 spiro atoms. The van der Waals surface area contributed by atoms with Crippen molar-refractivity contribution in [3.05, 3.63) is 16.6 Å². The SMILES string of the molecule is O=C(c1cscn1)N1C[C@H]2CC[C@H]1[C@@H]2OCC1CC1. The predicted octanol–water partition coefficient (Wildman–Crippen LogP) is 2.17. The number of likely N-dealkylation sites (tertiary alicyclic amines) is 1. The second kappa shape index (κ2) is 4.56. The highest BCUT2D eigenvalue weighted by atomic mass is 32.1. The van der Waals surface area contributed by atoms with Crippen LogP contribution in [-0.2, 0) is 4.74 Å². The van der Waals surface area contributed by atoms with Gasteiger partial charge in [0, 0.05) is 24.4 Å². The summed E-state index contributed by atoms with van der Waals surface area (Å²) in [5.74, 6) is 1.43. The minimum atomic E-state index is 0.0912. The molecular weight excluding hydrogens is 260 g/mol. The number of carbonyl (C=O) groups excluding carboxylic acids is 1. The van der Waals surface area contributed by atoms with Crippen molar-refractivity contribution in [1.82, 2.24) is 9.88 Å². The van der Waals surface area contributed by atoms with Crippen LogP contribution in [0.4, 0.5) is 0 Å². The molecule has 4 rings (SSSR count). The van der Waals surface area contributed by atoms with Crippen molar-refractivity contribution >= 4 is 17.2 Å². The molecule has 2 heterocycles. The highest BCUT2D eigenvalue weighted by Crippen LogP contribution is 2.41. The largest absolute Gasteiger partial charge is 0.375 e. The first-order valence-corrected chi connectivity index (χ1v) is 8.08. The van der Waals surface area contributed by atoms with Crippen LogP contribution in [-0.4, -0.2) is 41.1 Å². The molecule has 1 amide bonds. The van der Waals surface area contributed by atoms with Gasteiger partial charge in [0.1, 0.15) is 5.69 Å². The van der Waals surface area contributed by atoms with Gasteiger partial charge in [-0.25, -0.2) is 4.98 Å². The third-order valence-electron chi connectivity index (χ3n) is 4.64. The highest BCUT2D eigenvalue weighted by Gasteiger charge is 2.50. The number of aromatic nitrogens is 1. The molecule has 1 aromatic heterocycles. The summed E-state index contributed by atoms with van der Waals surface area (Å²) >= 11 is 1.48. The lowest BCUT2D eigenvalue weighted by atomic mass is 10.1. The quantitative estimate of drug-likeness (QED) is 0.847. The van der Waals surface area contributed by atoms with Crippen molar-refractivity contribution in [3.63, 3.8) is 0 Å². The average Bonchev–Trinajstić information content (AvgIpc) is 2.89. The Kier molecular flexibility index (Phi) is 2.84. The van der Waals surface area contributed by atoms with Gasteiger partial charge in [0.05, 0.1) is 17.7 Å². The maximum absolute atomic E-state index is 12.4. The van der Waals surface area contributed by atoms with Gasteiger partial charge >= 0.3 is 0 Å². The van der Waals surface area contributed by atoms with Crippen molar-refractivity contribution in [2.45, 2.75) is 37.8 Å². The van der Waals surface area contributed by atoms with Gasteiger partial charge in [0.25, 0.3) is 5.91 Å². The number of hydrogen-bond donors (Lipinski definition) is 0. The Labute approximate surface area is 116 Å².